The Morgan fingerprint density at radius 2 is 1.26 bits per heavy atom. The summed E-state index contributed by atoms with van der Waals surface area (Å²) in [6.45, 7) is -1.40. The zero-order valence-corrected chi connectivity index (χ0v) is 18.1. The number of hydrogen-bond acceptors (Lipinski definition) is 13. The molecule has 3 rings (SSSR count). The van der Waals surface area contributed by atoms with Gasteiger partial charge in [-0.2, -0.15) is 0 Å². The molecule has 1 aromatic rings. The van der Waals surface area contributed by atoms with E-state index in [1.54, 1.807) is 0 Å². The molecular formula is C21H28O14. The lowest BCUT2D eigenvalue weighted by atomic mass is 9.99. The molecule has 0 spiro atoms. The van der Waals surface area contributed by atoms with Gasteiger partial charge in [-0.05, 0) is 23.8 Å². The van der Waals surface area contributed by atoms with Crippen LogP contribution < -0.4 is 9.47 Å². The lowest BCUT2D eigenvalue weighted by molar-refractivity contribution is -0.282. The molecule has 0 saturated carbocycles. The first-order valence-corrected chi connectivity index (χ1v) is 10.6. The van der Waals surface area contributed by atoms with E-state index in [9.17, 15) is 45.6 Å². The maximum Gasteiger partial charge on any atom is 0.328 e. The lowest BCUT2D eigenvalue weighted by Crippen LogP contribution is -2.60. The van der Waals surface area contributed by atoms with E-state index in [4.69, 9.17) is 24.1 Å². The summed E-state index contributed by atoms with van der Waals surface area (Å²) in [7, 11) is 0. The van der Waals surface area contributed by atoms with Crippen LogP contribution in [0.1, 0.15) is 5.56 Å². The third-order valence-electron chi connectivity index (χ3n) is 5.57. The minimum absolute atomic E-state index is 0.168. The second-order valence-corrected chi connectivity index (χ2v) is 8.01. The van der Waals surface area contributed by atoms with E-state index in [1.807, 2.05) is 0 Å². The van der Waals surface area contributed by atoms with E-state index in [0.717, 1.165) is 6.08 Å². The maximum atomic E-state index is 10.9. The average molecular weight is 504 g/mol. The molecule has 35 heavy (non-hydrogen) atoms. The third-order valence-corrected chi connectivity index (χ3v) is 5.57. The first kappa shape index (κ1) is 27.2. The van der Waals surface area contributed by atoms with Gasteiger partial charge >= 0.3 is 5.97 Å². The summed E-state index contributed by atoms with van der Waals surface area (Å²) in [5.41, 5.74) is 0.285. The number of carboxylic acids is 1. The first-order valence-electron chi connectivity index (χ1n) is 10.6. The standard InChI is InChI=1S/C21H28O14/c22-6-11-14(26)16(28)18(30)20(34-11)32-9-3-1-8(2-4-13(24)25)5-10(9)33-21-19(31)17(29)15(27)12(7-23)35-21/h1-5,11-12,14-23,26-31H,6-7H2,(H,24,25)/t11-,12-,14-,15-,16+,17+,18-,19-,20?,21?/m1/s1. The zero-order chi connectivity index (χ0) is 25.9. The van der Waals surface area contributed by atoms with Crippen LogP contribution in [0.15, 0.2) is 24.3 Å². The van der Waals surface area contributed by atoms with Gasteiger partial charge < -0.3 is 64.9 Å². The van der Waals surface area contributed by atoms with Crippen LogP contribution in [0.4, 0.5) is 0 Å². The van der Waals surface area contributed by atoms with E-state index in [0.29, 0.717) is 0 Å². The monoisotopic (exact) mass is 504 g/mol. The summed E-state index contributed by atoms with van der Waals surface area (Å²) in [6, 6.07) is 3.95. The summed E-state index contributed by atoms with van der Waals surface area (Å²) in [6.07, 6.45) is -13.9. The third kappa shape index (κ3) is 6.07. The van der Waals surface area contributed by atoms with Gasteiger partial charge in [-0.25, -0.2) is 4.79 Å². The van der Waals surface area contributed by atoms with Crippen molar-refractivity contribution in [2.45, 2.75) is 61.4 Å². The molecule has 2 heterocycles. The molecule has 14 nitrogen and oxygen atoms in total. The minimum Gasteiger partial charge on any atom is -0.478 e. The minimum atomic E-state index is -1.77. The summed E-state index contributed by atoms with van der Waals surface area (Å²) in [5.74, 6) is -1.61. The Kier molecular flexibility index (Phi) is 9.00. The van der Waals surface area contributed by atoms with Gasteiger partial charge in [-0.15, -0.1) is 0 Å². The quantitative estimate of drug-likeness (QED) is 0.154. The molecule has 0 amide bonds. The molecule has 0 aromatic heterocycles. The number of carbonyl (C=O) groups is 1. The van der Waals surface area contributed by atoms with Gasteiger partial charge in [0.05, 0.1) is 13.2 Å². The molecule has 196 valence electrons. The number of aliphatic carboxylic acids is 1. The summed E-state index contributed by atoms with van der Waals surface area (Å²) < 4.78 is 21.8. The van der Waals surface area contributed by atoms with Crippen LogP contribution in [0, 0.1) is 0 Å². The molecule has 2 unspecified atom stereocenters. The van der Waals surface area contributed by atoms with Crippen molar-refractivity contribution in [2.24, 2.45) is 0 Å². The van der Waals surface area contributed by atoms with Crippen LogP contribution >= 0.6 is 0 Å². The number of benzene rings is 1. The van der Waals surface area contributed by atoms with E-state index < -0.39 is 80.6 Å². The Labute approximate surface area is 198 Å². The molecule has 2 aliphatic heterocycles. The Bertz CT molecular complexity index is 889. The summed E-state index contributed by atoms with van der Waals surface area (Å²) in [4.78, 5) is 10.9. The van der Waals surface area contributed by atoms with Crippen LogP contribution in [-0.4, -0.2) is 127 Å². The van der Waals surface area contributed by atoms with Gasteiger partial charge in [0.25, 0.3) is 0 Å². The van der Waals surface area contributed by atoms with Crippen molar-refractivity contribution in [3.8, 4) is 11.5 Å². The zero-order valence-electron chi connectivity index (χ0n) is 18.1. The van der Waals surface area contributed by atoms with Crippen LogP contribution in [0.3, 0.4) is 0 Å². The smallest absolute Gasteiger partial charge is 0.328 e. The molecule has 10 atom stereocenters. The molecule has 0 radical (unpaired) electrons. The number of ether oxygens (including phenoxy) is 4. The SMILES string of the molecule is O=C(O)C=Cc1ccc(OC2O[C@H](CO)[C@@H](O)[C@H](O)[C@H]2O)c(OC2O[C@H](CO)[C@@H](O)[C@H](O)[C@H]2O)c1. The van der Waals surface area contributed by atoms with E-state index in [-0.39, 0.29) is 17.1 Å². The molecule has 1 aromatic carbocycles. The molecule has 2 saturated heterocycles. The fraction of sp³-hybridized carbons (Fsp3) is 0.571. The van der Waals surface area contributed by atoms with E-state index in [1.165, 1.54) is 24.3 Å². The van der Waals surface area contributed by atoms with Crippen LogP contribution in [0.25, 0.3) is 6.08 Å². The van der Waals surface area contributed by atoms with Gasteiger partial charge in [0.1, 0.15) is 48.8 Å². The van der Waals surface area contributed by atoms with Crippen molar-refractivity contribution in [2.75, 3.05) is 13.2 Å². The highest BCUT2D eigenvalue weighted by Crippen LogP contribution is 2.35. The Morgan fingerprint density at radius 3 is 1.71 bits per heavy atom. The molecule has 9 N–H and O–H groups in total. The van der Waals surface area contributed by atoms with Crippen molar-refractivity contribution < 1.29 is 69.7 Å². The molecule has 2 aliphatic rings. The highest BCUT2D eigenvalue weighted by Gasteiger charge is 2.46. The van der Waals surface area contributed by atoms with E-state index in [2.05, 4.69) is 0 Å². The van der Waals surface area contributed by atoms with Gasteiger partial charge in [-0.3, -0.25) is 0 Å². The summed E-state index contributed by atoms with van der Waals surface area (Å²) in [5, 5.41) is 88.0. The predicted octanol–water partition coefficient (Wildman–Crippen LogP) is -3.86. The molecular weight excluding hydrogens is 476 g/mol. The Hall–Kier alpha value is -2.37. The normalized spacial score (nSPS) is 37.8. The summed E-state index contributed by atoms with van der Waals surface area (Å²) >= 11 is 0. The van der Waals surface area contributed by atoms with Crippen molar-refractivity contribution in [3.05, 3.63) is 29.8 Å². The molecule has 2 fully saturated rings. The highest BCUT2D eigenvalue weighted by atomic mass is 16.7. The Morgan fingerprint density at radius 1 is 0.771 bits per heavy atom. The number of aliphatic hydroxyl groups is 8. The first-order chi connectivity index (χ1) is 16.6. The van der Waals surface area contributed by atoms with Crippen molar-refractivity contribution in [1.29, 1.82) is 0 Å². The highest BCUT2D eigenvalue weighted by molar-refractivity contribution is 5.85. The Balaban J connectivity index is 1.91. The van der Waals surface area contributed by atoms with Crippen molar-refractivity contribution in [3.63, 3.8) is 0 Å². The van der Waals surface area contributed by atoms with Crippen LogP contribution in [0.2, 0.25) is 0 Å². The number of hydrogen-bond donors (Lipinski definition) is 9. The largest absolute Gasteiger partial charge is 0.478 e. The fourth-order valence-corrected chi connectivity index (χ4v) is 3.57. The number of aliphatic hydroxyl groups excluding tert-OH is 8. The predicted molar refractivity (Wildman–Crippen MR) is 112 cm³/mol. The van der Waals surface area contributed by atoms with Gasteiger partial charge in [0, 0.05) is 6.08 Å². The van der Waals surface area contributed by atoms with Gasteiger partial charge in [0.2, 0.25) is 12.6 Å². The van der Waals surface area contributed by atoms with Crippen molar-refractivity contribution >= 4 is 12.0 Å². The average Bonchev–Trinajstić information content (AvgIpc) is 2.84. The fourth-order valence-electron chi connectivity index (χ4n) is 3.57. The second-order valence-electron chi connectivity index (χ2n) is 8.01. The number of rotatable bonds is 8. The second kappa shape index (κ2) is 11.6. The van der Waals surface area contributed by atoms with Gasteiger partial charge in [-0.1, -0.05) is 6.07 Å². The van der Waals surface area contributed by atoms with E-state index >= 15 is 0 Å². The lowest BCUT2D eigenvalue weighted by Gasteiger charge is -2.40. The van der Waals surface area contributed by atoms with Gasteiger partial charge in [0.15, 0.2) is 11.5 Å². The molecule has 0 bridgehead atoms. The molecule has 14 heteroatoms. The van der Waals surface area contributed by atoms with Crippen molar-refractivity contribution in [1.82, 2.24) is 0 Å². The van der Waals surface area contributed by atoms with Crippen LogP contribution in [0.5, 0.6) is 11.5 Å². The topological polar surface area (TPSA) is 236 Å². The van der Waals surface area contributed by atoms with Crippen LogP contribution in [-0.2, 0) is 14.3 Å². The molecule has 0 aliphatic carbocycles. The number of carboxylic acid groups (broad SMARTS) is 1. The maximum absolute atomic E-state index is 10.9.